The molecule has 2 aromatic rings. The van der Waals surface area contributed by atoms with Gasteiger partial charge in [-0.3, -0.25) is 0 Å². The summed E-state index contributed by atoms with van der Waals surface area (Å²) in [6.45, 7) is 3.96. The summed E-state index contributed by atoms with van der Waals surface area (Å²) < 4.78 is 22.8. The van der Waals surface area contributed by atoms with Crippen LogP contribution in [0.3, 0.4) is 0 Å². The van der Waals surface area contributed by atoms with Crippen LogP contribution in [0.25, 0.3) is 0 Å². The molecule has 0 amide bonds. The lowest BCUT2D eigenvalue weighted by Crippen LogP contribution is -2.45. The smallest absolute Gasteiger partial charge is 0.350 e. The number of methoxy groups -OCH3 is 2. The number of benzene rings is 2. The van der Waals surface area contributed by atoms with Crippen molar-refractivity contribution >= 4 is 17.6 Å². The average molecular weight is 375 g/mol. The van der Waals surface area contributed by atoms with Gasteiger partial charge in [0.2, 0.25) is 11.9 Å². The first-order chi connectivity index (χ1) is 12.3. The van der Waals surface area contributed by atoms with Crippen LogP contribution in [0, 0.1) is 0 Å². The van der Waals surface area contributed by atoms with E-state index in [2.05, 4.69) is 0 Å². The molecule has 2 heterocycles. The number of carbonyl (C=O) groups is 1. The molecule has 0 aromatic heterocycles. The molecule has 2 aliphatic rings. The monoisotopic (exact) mass is 374 g/mol. The van der Waals surface area contributed by atoms with Crippen LogP contribution in [0.1, 0.15) is 30.5 Å². The average Bonchev–Trinajstić information content (AvgIpc) is 2.97. The highest BCUT2D eigenvalue weighted by Crippen LogP contribution is 2.55. The van der Waals surface area contributed by atoms with E-state index in [4.69, 9.17) is 30.5 Å². The fourth-order valence-corrected chi connectivity index (χ4v) is 3.86. The first kappa shape index (κ1) is 17.2. The van der Waals surface area contributed by atoms with Crippen LogP contribution < -0.4 is 9.47 Å². The maximum absolute atomic E-state index is 13.0. The summed E-state index contributed by atoms with van der Waals surface area (Å²) in [7, 11) is 3.14. The molecular weight excluding hydrogens is 356 g/mol. The third-order valence-corrected chi connectivity index (χ3v) is 5.47. The predicted octanol–water partition coefficient (Wildman–Crippen LogP) is 3.79. The zero-order valence-electron chi connectivity index (χ0n) is 15.0. The van der Waals surface area contributed by atoms with Gasteiger partial charge in [-0.1, -0.05) is 23.7 Å². The Labute approximate surface area is 156 Å². The lowest BCUT2D eigenvalue weighted by atomic mass is 9.72. The molecule has 1 saturated heterocycles. The highest BCUT2D eigenvalue weighted by Gasteiger charge is 2.63. The number of ether oxygens (including phenoxy) is 4. The first-order valence-electron chi connectivity index (χ1n) is 8.26. The number of hydrogen-bond donors (Lipinski definition) is 0. The van der Waals surface area contributed by atoms with E-state index in [1.54, 1.807) is 44.6 Å². The lowest BCUT2D eigenvalue weighted by molar-refractivity contribution is -0.149. The van der Waals surface area contributed by atoms with Gasteiger partial charge in [0.15, 0.2) is 11.5 Å². The molecule has 2 bridgehead atoms. The molecule has 0 aliphatic carbocycles. The van der Waals surface area contributed by atoms with Crippen LogP contribution in [0.2, 0.25) is 5.02 Å². The highest BCUT2D eigenvalue weighted by atomic mass is 35.5. The van der Waals surface area contributed by atoms with Crippen molar-refractivity contribution in [2.24, 2.45) is 0 Å². The van der Waals surface area contributed by atoms with E-state index in [-0.39, 0.29) is 0 Å². The summed E-state index contributed by atoms with van der Waals surface area (Å²) in [6.07, 6.45) is -0.698. The Morgan fingerprint density at radius 2 is 1.58 bits per heavy atom. The Morgan fingerprint density at radius 3 is 2.15 bits per heavy atom. The maximum Gasteiger partial charge on any atom is 0.350 e. The molecular formula is C20H19ClO5. The summed E-state index contributed by atoms with van der Waals surface area (Å²) in [5.74, 6) is 0.681. The Balaban J connectivity index is 2.05. The van der Waals surface area contributed by atoms with E-state index < -0.39 is 23.3 Å². The predicted molar refractivity (Wildman–Crippen MR) is 95.8 cm³/mol. The van der Waals surface area contributed by atoms with Gasteiger partial charge in [-0.05, 0) is 49.2 Å². The minimum Gasteiger partial charge on any atom is -0.493 e. The molecule has 2 aliphatic heterocycles. The maximum atomic E-state index is 13.0. The topological polar surface area (TPSA) is 54.0 Å². The number of rotatable bonds is 3. The van der Waals surface area contributed by atoms with Gasteiger partial charge in [-0.25, -0.2) is 4.79 Å². The fraction of sp³-hybridized carbons (Fsp3) is 0.350. The number of hydrogen-bond acceptors (Lipinski definition) is 5. The molecule has 5 nitrogen and oxygen atoms in total. The normalized spacial score (nSPS) is 25.4. The molecule has 136 valence electrons. The number of esters is 1. The van der Waals surface area contributed by atoms with Gasteiger partial charge in [-0.2, -0.15) is 0 Å². The van der Waals surface area contributed by atoms with Crippen molar-refractivity contribution in [2.45, 2.75) is 31.2 Å². The number of halogens is 1. The summed E-state index contributed by atoms with van der Waals surface area (Å²) in [4.78, 5) is 13.0. The summed E-state index contributed by atoms with van der Waals surface area (Å²) >= 11 is 6.03. The van der Waals surface area contributed by atoms with Crippen molar-refractivity contribution in [1.29, 1.82) is 0 Å². The van der Waals surface area contributed by atoms with Gasteiger partial charge < -0.3 is 18.9 Å². The van der Waals surface area contributed by atoms with Crippen LogP contribution in [-0.2, 0) is 25.3 Å². The van der Waals surface area contributed by atoms with Gasteiger partial charge in [0.1, 0.15) is 0 Å². The largest absolute Gasteiger partial charge is 0.493 e. The quantitative estimate of drug-likeness (QED) is 0.765. The van der Waals surface area contributed by atoms with E-state index in [0.717, 1.165) is 5.56 Å². The molecule has 0 radical (unpaired) electrons. The zero-order valence-corrected chi connectivity index (χ0v) is 15.7. The van der Waals surface area contributed by atoms with E-state index in [1.165, 1.54) is 0 Å². The van der Waals surface area contributed by atoms with Crippen molar-refractivity contribution < 1.29 is 23.7 Å². The molecule has 0 saturated carbocycles. The molecule has 1 fully saturated rings. The Kier molecular flexibility index (Phi) is 3.72. The van der Waals surface area contributed by atoms with Crippen LogP contribution in [0.4, 0.5) is 0 Å². The fourth-order valence-electron chi connectivity index (χ4n) is 3.74. The van der Waals surface area contributed by atoms with Crippen molar-refractivity contribution in [1.82, 2.24) is 0 Å². The zero-order chi connectivity index (χ0) is 18.7. The molecule has 26 heavy (non-hydrogen) atoms. The summed E-state index contributed by atoms with van der Waals surface area (Å²) in [5, 5.41) is 0.580. The second-order valence-electron chi connectivity index (χ2n) is 7.02. The van der Waals surface area contributed by atoms with Gasteiger partial charge in [0, 0.05) is 10.6 Å². The summed E-state index contributed by atoms with van der Waals surface area (Å²) in [6, 6.07) is 10.7. The minimum atomic E-state index is -1.35. The van der Waals surface area contributed by atoms with Gasteiger partial charge >= 0.3 is 5.97 Å². The molecule has 0 N–H and O–H groups in total. The Bertz CT molecular complexity index is 890. The molecule has 4 rings (SSSR count). The van der Waals surface area contributed by atoms with E-state index in [9.17, 15) is 4.79 Å². The molecule has 2 unspecified atom stereocenters. The SMILES string of the molecule is COc1cc2c(cc1OC)C(C)(C)C1OC(=O)C2(c2ccc(Cl)cc2)O1. The van der Waals surface area contributed by atoms with E-state index in [1.807, 2.05) is 19.9 Å². The van der Waals surface area contributed by atoms with Crippen molar-refractivity contribution in [3.05, 3.63) is 58.1 Å². The number of fused-ring (bicyclic) bond motifs is 4. The third-order valence-electron chi connectivity index (χ3n) is 5.22. The van der Waals surface area contributed by atoms with Crippen LogP contribution in [-0.4, -0.2) is 26.5 Å². The van der Waals surface area contributed by atoms with Gasteiger partial charge in [-0.15, -0.1) is 0 Å². The van der Waals surface area contributed by atoms with Crippen molar-refractivity contribution in [2.75, 3.05) is 14.2 Å². The standard InChI is InChI=1S/C20H19ClO5/c1-19(2)13-9-15(23-3)16(24-4)10-14(13)20(17(22)25-18(19)26-20)11-5-7-12(21)8-6-11/h5-10,18H,1-4H3. The highest BCUT2D eigenvalue weighted by molar-refractivity contribution is 6.30. The van der Waals surface area contributed by atoms with Crippen LogP contribution in [0.5, 0.6) is 11.5 Å². The van der Waals surface area contributed by atoms with Gasteiger partial charge in [0.25, 0.3) is 0 Å². The first-order valence-corrected chi connectivity index (χ1v) is 8.64. The number of carbonyl (C=O) groups excluding carboxylic acids is 1. The Hall–Kier alpha value is -2.24. The van der Waals surface area contributed by atoms with Crippen LogP contribution in [0.15, 0.2) is 36.4 Å². The molecule has 6 heteroatoms. The van der Waals surface area contributed by atoms with Crippen molar-refractivity contribution in [3.8, 4) is 11.5 Å². The lowest BCUT2D eigenvalue weighted by Gasteiger charge is -2.40. The molecule has 0 spiro atoms. The van der Waals surface area contributed by atoms with Crippen molar-refractivity contribution in [3.63, 3.8) is 0 Å². The Morgan fingerprint density at radius 1 is 1.00 bits per heavy atom. The molecule has 2 aromatic carbocycles. The van der Waals surface area contributed by atoms with Gasteiger partial charge in [0.05, 0.1) is 19.6 Å². The second-order valence-corrected chi connectivity index (χ2v) is 7.45. The van der Waals surface area contributed by atoms with E-state index in [0.29, 0.717) is 27.6 Å². The minimum absolute atomic E-state index is 0.441. The second kappa shape index (κ2) is 5.63. The van der Waals surface area contributed by atoms with E-state index >= 15 is 0 Å². The molecule has 2 atom stereocenters. The van der Waals surface area contributed by atoms with Crippen LogP contribution >= 0.6 is 11.6 Å². The third kappa shape index (κ3) is 2.10. The summed E-state index contributed by atoms with van der Waals surface area (Å²) in [5.41, 5.74) is 0.392.